The molecule has 4 heteroatoms. The first-order chi connectivity index (χ1) is 6.70. The van der Waals surface area contributed by atoms with E-state index in [-0.39, 0.29) is 0 Å². The molecule has 0 spiro atoms. The first-order valence-electron chi connectivity index (χ1n) is 4.44. The molecular formula is C10H12Cl2O2. The first kappa shape index (κ1) is 11.5. The average Bonchev–Trinajstić information content (AvgIpc) is 2.18. The third-order valence-corrected chi connectivity index (χ3v) is 2.39. The Balaban J connectivity index is 3.08. The molecular weight excluding hydrogens is 223 g/mol. The third-order valence-electron chi connectivity index (χ3n) is 1.60. The molecule has 0 bridgehead atoms. The molecule has 0 fully saturated rings. The minimum Gasteiger partial charge on any atom is -0.490 e. The normalized spacial score (nSPS) is 10.0. The highest BCUT2D eigenvalue weighted by Crippen LogP contribution is 2.39. The molecule has 0 aliphatic heterocycles. The summed E-state index contributed by atoms with van der Waals surface area (Å²) in [5, 5.41) is 0.873. The van der Waals surface area contributed by atoms with Gasteiger partial charge in [0.2, 0.25) is 0 Å². The van der Waals surface area contributed by atoms with Crippen molar-refractivity contribution in [2.75, 3.05) is 13.2 Å². The Hall–Kier alpha value is -0.600. The summed E-state index contributed by atoms with van der Waals surface area (Å²) in [6.45, 7) is 4.88. The molecule has 0 aromatic heterocycles. The summed E-state index contributed by atoms with van der Waals surface area (Å²) in [4.78, 5) is 0. The van der Waals surface area contributed by atoms with Gasteiger partial charge in [0.1, 0.15) is 5.02 Å². The van der Waals surface area contributed by atoms with Crippen LogP contribution < -0.4 is 9.47 Å². The topological polar surface area (TPSA) is 18.5 Å². The number of rotatable bonds is 4. The molecule has 0 N–H and O–H groups in total. The Morgan fingerprint density at radius 2 is 1.71 bits per heavy atom. The summed E-state index contributed by atoms with van der Waals surface area (Å²) in [5.41, 5.74) is 0. The average molecular weight is 235 g/mol. The van der Waals surface area contributed by atoms with E-state index in [1.165, 1.54) is 0 Å². The largest absolute Gasteiger partial charge is 0.490 e. The van der Waals surface area contributed by atoms with Gasteiger partial charge >= 0.3 is 0 Å². The van der Waals surface area contributed by atoms with Crippen LogP contribution in [0.4, 0.5) is 0 Å². The fraction of sp³-hybridized carbons (Fsp3) is 0.400. The van der Waals surface area contributed by atoms with Crippen LogP contribution in [0.15, 0.2) is 12.1 Å². The van der Waals surface area contributed by atoms with Crippen LogP contribution in [0, 0.1) is 0 Å². The molecule has 78 valence electrons. The molecule has 1 aromatic carbocycles. The monoisotopic (exact) mass is 234 g/mol. The van der Waals surface area contributed by atoms with Gasteiger partial charge in [-0.25, -0.2) is 0 Å². The highest BCUT2D eigenvalue weighted by molar-refractivity contribution is 6.43. The zero-order chi connectivity index (χ0) is 10.6. The fourth-order valence-corrected chi connectivity index (χ4v) is 1.42. The minimum absolute atomic E-state index is 0.402. The van der Waals surface area contributed by atoms with Crippen molar-refractivity contribution < 1.29 is 9.47 Å². The second-order valence-electron chi connectivity index (χ2n) is 2.55. The van der Waals surface area contributed by atoms with Gasteiger partial charge < -0.3 is 9.47 Å². The van der Waals surface area contributed by atoms with E-state index in [0.29, 0.717) is 34.8 Å². The quantitative estimate of drug-likeness (QED) is 0.790. The van der Waals surface area contributed by atoms with Crippen molar-refractivity contribution >= 4 is 23.2 Å². The van der Waals surface area contributed by atoms with Gasteiger partial charge in [0.25, 0.3) is 0 Å². The van der Waals surface area contributed by atoms with Gasteiger partial charge in [-0.05, 0) is 26.0 Å². The lowest BCUT2D eigenvalue weighted by Gasteiger charge is -2.12. The Morgan fingerprint density at radius 1 is 1.07 bits per heavy atom. The Kier molecular flexibility index (Phi) is 4.36. The number of halogens is 2. The second kappa shape index (κ2) is 5.32. The number of ether oxygens (including phenoxy) is 2. The maximum Gasteiger partial charge on any atom is 0.181 e. The van der Waals surface area contributed by atoms with Crippen LogP contribution >= 0.6 is 23.2 Å². The van der Waals surface area contributed by atoms with Crippen LogP contribution in [-0.4, -0.2) is 13.2 Å². The predicted octanol–water partition coefficient (Wildman–Crippen LogP) is 3.79. The fourth-order valence-electron chi connectivity index (χ4n) is 1.06. The lowest BCUT2D eigenvalue weighted by atomic mass is 10.3. The van der Waals surface area contributed by atoms with Gasteiger partial charge in [0, 0.05) is 0 Å². The molecule has 0 amide bonds. The number of benzene rings is 1. The predicted molar refractivity (Wildman–Crippen MR) is 58.8 cm³/mol. The highest BCUT2D eigenvalue weighted by Gasteiger charge is 2.12. The van der Waals surface area contributed by atoms with Crippen LogP contribution in [0.1, 0.15) is 13.8 Å². The van der Waals surface area contributed by atoms with Crippen molar-refractivity contribution in [3.8, 4) is 11.5 Å². The van der Waals surface area contributed by atoms with Gasteiger partial charge in [0.15, 0.2) is 11.5 Å². The van der Waals surface area contributed by atoms with Crippen molar-refractivity contribution in [1.82, 2.24) is 0 Å². The summed E-state index contributed by atoms with van der Waals surface area (Å²) in [6, 6.07) is 3.44. The van der Waals surface area contributed by atoms with Crippen molar-refractivity contribution in [2.45, 2.75) is 13.8 Å². The van der Waals surface area contributed by atoms with Crippen LogP contribution in [0.2, 0.25) is 10.0 Å². The summed E-state index contributed by atoms with van der Waals surface area (Å²) < 4.78 is 10.7. The lowest BCUT2D eigenvalue weighted by molar-refractivity contribution is 0.288. The Labute approximate surface area is 93.7 Å². The van der Waals surface area contributed by atoms with Crippen LogP contribution in [0.5, 0.6) is 11.5 Å². The molecule has 14 heavy (non-hydrogen) atoms. The van der Waals surface area contributed by atoms with Gasteiger partial charge in [-0.3, -0.25) is 0 Å². The zero-order valence-electron chi connectivity index (χ0n) is 8.14. The first-order valence-corrected chi connectivity index (χ1v) is 5.19. The van der Waals surface area contributed by atoms with Gasteiger partial charge in [0.05, 0.1) is 18.2 Å². The summed E-state index contributed by atoms with van der Waals surface area (Å²) in [5.74, 6) is 1.15. The molecule has 0 atom stereocenters. The molecule has 0 heterocycles. The number of hydrogen-bond donors (Lipinski definition) is 0. The number of hydrogen-bond acceptors (Lipinski definition) is 2. The van der Waals surface area contributed by atoms with Crippen molar-refractivity contribution in [1.29, 1.82) is 0 Å². The van der Waals surface area contributed by atoms with E-state index in [9.17, 15) is 0 Å². The molecule has 0 aliphatic rings. The molecule has 0 saturated carbocycles. The van der Waals surface area contributed by atoms with E-state index in [1.807, 2.05) is 13.8 Å². The maximum atomic E-state index is 5.98. The molecule has 0 unspecified atom stereocenters. The van der Waals surface area contributed by atoms with E-state index in [0.717, 1.165) is 0 Å². The smallest absolute Gasteiger partial charge is 0.181 e. The SMILES string of the molecule is CCOc1ccc(Cl)c(Cl)c1OCC. The standard InChI is InChI=1S/C10H12Cl2O2/c1-3-13-8-6-5-7(11)9(12)10(8)14-4-2/h5-6H,3-4H2,1-2H3. The summed E-state index contributed by atoms with van der Waals surface area (Å²) >= 11 is 11.8. The van der Waals surface area contributed by atoms with Gasteiger partial charge in [-0.1, -0.05) is 23.2 Å². The van der Waals surface area contributed by atoms with E-state index in [4.69, 9.17) is 32.7 Å². The summed E-state index contributed by atoms with van der Waals surface area (Å²) in [6.07, 6.45) is 0. The van der Waals surface area contributed by atoms with Crippen LogP contribution in [0.25, 0.3) is 0 Å². The van der Waals surface area contributed by atoms with Crippen molar-refractivity contribution in [2.24, 2.45) is 0 Å². The van der Waals surface area contributed by atoms with Crippen molar-refractivity contribution in [3.05, 3.63) is 22.2 Å². The second-order valence-corrected chi connectivity index (χ2v) is 3.34. The Morgan fingerprint density at radius 3 is 2.29 bits per heavy atom. The van der Waals surface area contributed by atoms with Crippen LogP contribution in [0.3, 0.4) is 0 Å². The van der Waals surface area contributed by atoms with Gasteiger partial charge in [-0.15, -0.1) is 0 Å². The highest BCUT2D eigenvalue weighted by atomic mass is 35.5. The molecule has 1 rings (SSSR count). The molecule has 0 saturated heterocycles. The van der Waals surface area contributed by atoms with E-state index < -0.39 is 0 Å². The molecule has 1 aromatic rings. The van der Waals surface area contributed by atoms with Gasteiger partial charge in [-0.2, -0.15) is 0 Å². The maximum absolute atomic E-state index is 5.98. The van der Waals surface area contributed by atoms with E-state index in [2.05, 4.69) is 0 Å². The van der Waals surface area contributed by atoms with Crippen LogP contribution in [-0.2, 0) is 0 Å². The summed E-state index contributed by atoms with van der Waals surface area (Å²) in [7, 11) is 0. The third kappa shape index (κ3) is 2.46. The Bertz CT molecular complexity index is 313. The van der Waals surface area contributed by atoms with E-state index >= 15 is 0 Å². The zero-order valence-corrected chi connectivity index (χ0v) is 9.65. The van der Waals surface area contributed by atoms with Crippen molar-refractivity contribution in [3.63, 3.8) is 0 Å². The molecule has 0 radical (unpaired) electrons. The van der Waals surface area contributed by atoms with E-state index in [1.54, 1.807) is 12.1 Å². The molecule has 0 aliphatic carbocycles. The molecule has 2 nitrogen and oxygen atoms in total. The lowest BCUT2D eigenvalue weighted by Crippen LogP contribution is -1.99. The minimum atomic E-state index is 0.402.